The van der Waals surface area contributed by atoms with E-state index in [1.807, 2.05) is 55.5 Å². The van der Waals surface area contributed by atoms with Crippen molar-refractivity contribution in [1.82, 2.24) is 42.2 Å². The SMILES string of the molecule is CCCCC(=O)NC1CC(=O)NCCCC[C@@H](C(N)=O)NC(=O)[C@H](Cc2c[nH]c3ccccc23)NC(=O)[C@H](CCCN=C(N)N)NC(=O)[C@@H](Cc2ccccc2)NC(=O)C2(CCC(c3ccc(OC)cc3)CC2)NC1=O. The van der Waals surface area contributed by atoms with Crippen LogP contribution in [-0.4, -0.2) is 114 Å². The normalized spacial score (nSPS) is 23.7. The number of nitrogens with one attached hydrogen (secondary N) is 8. The number of para-hydroxylation sites is 1. The van der Waals surface area contributed by atoms with Gasteiger partial charge in [0.15, 0.2) is 5.96 Å². The number of methoxy groups -OCH3 is 1. The fraction of sp³-hybridized carbons (Fsp3) is 0.473. The number of rotatable bonds is 15. The molecule has 21 heteroatoms. The number of ether oxygens (including phenoxy) is 1. The van der Waals surface area contributed by atoms with Gasteiger partial charge in [0.2, 0.25) is 47.3 Å². The van der Waals surface area contributed by atoms with Crippen LogP contribution >= 0.6 is 0 Å². The monoisotopic (exact) mass is 1050 g/mol. The molecule has 6 rings (SSSR count). The van der Waals surface area contributed by atoms with Gasteiger partial charge in [0.25, 0.3) is 0 Å². The number of aromatic amines is 1. The van der Waals surface area contributed by atoms with Crippen LogP contribution in [0.2, 0.25) is 0 Å². The van der Waals surface area contributed by atoms with E-state index >= 15 is 4.79 Å². The Kier molecular flexibility index (Phi) is 21.2. The number of nitrogens with two attached hydrogens (primary N) is 3. The van der Waals surface area contributed by atoms with E-state index in [4.69, 9.17) is 21.9 Å². The van der Waals surface area contributed by atoms with Gasteiger partial charge < -0.3 is 64.1 Å². The predicted molar refractivity (Wildman–Crippen MR) is 287 cm³/mol. The molecule has 8 amide bonds. The maximum absolute atomic E-state index is 15.3. The number of carbonyl (C=O) groups excluding carboxylic acids is 8. The molecule has 1 aliphatic carbocycles. The Morgan fingerprint density at radius 3 is 2.12 bits per heavy atom. The van der Waals surface area contributed by atoms with E-state index in [2.05, 4.69) is 47.2 Å². The zero-order chi connectivity index (χ0) is 54.6. The number of H-pyrrole nitrogens is 1. The first kappa shape index (κ1) is 57.3. The highest BCUT2D eigenvalue weighted by Crippen LogP contribution is 2.39. The van der Waals surface area contributed by atoms with Crippen LogP contribution in [0.1, 0.15) is 113 Å². The van der Waals surface area contributed by atoms with E-state index in [-0.39, 0.29) is 76.3 Å². The summed E-state index contributed by atoms with van der Waals surface area (Å²) < 4.78 is 5.38. The first-order valence-corrected chi connectivity index (χ1v) is 26.3. The number of fused-ring (bicyclic) bond motifs is 1. The van der Waals surface area contributed by atoms with E-state index in [9.17, 15) is 33.6 Å². The van der Waals surface area contributed by atoms with Gasteiger partial charge in [-0.25, -0.2) is 0 Å². The summed E-state index contributed by atoms with van der Waals surface area (Å²) in [6, 6.07) is 17.5. The van der Waals surface area contributed by atoms with E-state index in [0.29, 0.717) is 55.4 Å². The maximum Gasteiger partial charge on any atom is 0.246 e. The summed E-state index contributed by atoms with van der Waals surface area (Å²) in [4.78, 5) is 121. The Morgan fingerprint density at radius 1 is 0.750 bits per heavy atom. The zero-order valence-electron chi connectivity index (χ0n) is 43.4. The number of unbranched alkanes of at least 4 members (excludes halogenated alkanes) is 1. The van der Waals surface area contributed by atoms with E-state index in [1.165, 1.54) is 0 Å². The summed E-state index contributed by atoms with van der Waals surface area (Å²) in [5, 5.41) is 20.7. The Hall–Kier alpha value is -7.97. The number of primary amides is 1. The average Bonchev–Trinajstić information content (AvgIpc) is 3.82. The Morgan fingerprint density at radius 2 is 1.42 bits per heavy atom. The van der Waals surface area contributed by atoms with Crippen LogP contribution in [0.15, 0.2) is 90.1 Å². The highest BCUT2D eigenvalue weighted by molar-refractivity contribution is 6.00. The van der Waals surface area contributed by atoms with Gasteiger partial charge in [-0.1, -0.05) is 74.0 Å². The summed E-state index contributed by atoms with van der Waals surface area (Å²) in [6.45, 7) is 2.12. The minimum Gasteiger partial charge on any atom is -0.497 e. The fourth-order valence-electron chi connectivity index (χ4n) is 9.78. The van der Waals surface area contributed by atoms with Crippen molar-refractivity contribution in [2.45, 2.75) is 145 Å². The smallest absolute Gasteiger partial charge is 0.246 e. The predicted octanol–water partition coefficient (Wildman–Crippen LogP) is 2.02. The largest absolute Gasteiger partial charge is 0.497 e. The Balaban J connectivity index is 1.39. The van der Waals surface area contributed by atoms with E-state index in [0.717, 1.165) is 16.5 Å². The number of hydrogen-bond acceptors (Lipinski definition) is 10. The topological polar surface area (TPSA) is 336 Å². The summed E-state index contributed by atoms with van der Waals surface area (Å²) >= 11 is 0. The highest BCUT2D eigenvalue weighted by Gasteiger charge is 2.46. The number of guanidine groups is 1. The molecule has 2 heterocycles. The van der Waals surface area contributed by atoms with Crippen molar-refractivity contribution < 1.29 is 43.1 Å². The molecule has 1 saturated carbocycles. The molecule has 1 spiro atoms. The van der Waals surface area contributed by atoms with Crippen molar-refractivity contribution >= 4 is 64.1 Å². The molecule has 2 fully saturated rings. The molecule has 14 N–H and O–H groups in total. The van der Waals surface area contributed by atoms with Gasteiger partial charge in [0.05, 0.1) is 13.5 Å². The molecule has 0 bridgehead atoms. The van der Waals surface area contributed by atoms with Gasteiger partial charge in [-0.2, -0.15) is 0 Å². The van der Waals surface area contributed by atoms with Crippen molar-refractivity contribution in [3.63, 3.8) is 0 Å². The van der Waals surface area contributed by atoms with Crippen LogP contribution in [-0.2, 0) is 51.2 Å². The molecule has 76 heavy (non-hydrogen) atoms. The molecule has 21 nitrogen and oxygen atoms in total. The fourth-order valence-corrected chi connectivity index (χ4v) is 9.78. The highest BCUT2D eigenvalue weighted by atomic mass is 16.5. The van der Waals surface area contributed by atoms with Crippen molar-refractivity contribution in [3.05, 3.63) is 102 Å². The van der Waals surface area contributed by atoms with Crippen LogP contribution in [0.5, 0.6) is 5.75 Å². The van der Waals surface area contributed by atoms with Crippen LogP contribution in [0.4, 0.5) is 0 Å². The standard InChI is InChI=1S/C55H74N12O9/c1-3-4-19-46(68)62-45-32-47(69)59-28-11-10-17-41(48(56)70)63-51(73)44(31-37-33-61-40-16-9-8-15-39(37)40)65-49(71)42(18-12-29-60-54(57)58)64-50(72)43(30-34-13-6-5-7-14-34)66-53(75)55(67-52(45)74)26-24-36(25-27-55)35-20-22-38(76-2)23-21-35/h5-9,13-16,20-23,33,36,41-45,61H,3-4,10-12,17-19,24-32H2,1-2H3,(H2,56,70)(H,59,69)(H,62,68)(H,63,73)(H,64,72)(H,65,71)(H,66,75)(H,67,74)(H4,57,58,60)/t36?,41-,42-,43+,44-,45?,55?/m0/s1. The molecular formula is C55H74N12O9. The summed E-state index contributed by atoms with van der Waals surface area (Å²) in [5.41, 5.74) is 18.6. The first-order chi connectivity index (χ1) is 36.6. The lowest BCUT2D eigenvalue weighted by molar-refractivity contribution is -0.140. The average molecular weight is 1050 g/mol. The minimum absolute atomic E-state index is 0.0168. The molecule has 408 valence electrons. The van der Waals surface area contributed by atoms with Gasteiger partial charge in [-0.15, -0.1) is 0 Å². The first-order valence-electron chi connectivity index (χ1n) is 26.3. The number of benzene rings is 3. The molecule has 1 aliphatic heterocycles. The molecule has 1 unspecified atom stereocenters. The van der Waals surface area contributed by atoms with Crippen molar-refractivity contribution in [1.29, 1.82) is 0 Å². The summed E-state index contributed by atoms with van der Waals surface area (Å²) in [6.07, 6.45) is 4.55. The Labute approximate surface area is 442 Å². The lowest BCUT2D eigenvalue weighted by atomic mass is 9.73. The summed E-state index contributed by atoms with van der Waals surface area (Å²) in [5.74, 6) is -5.01. The number of aromatic nitrogens is 1. The third kappa shape index (κ3) is 16.5. The second-order valence-corrected chi connectivity index (χ2v) is 19.7. The van der Waals surface area contributed by atoms with Gasteiger partial charge in [0, 0.05) is 49.5 Å². The maximum atomic E-state index is 15.3. The van der Waals surface area contributed by atoms with Gasteiger partial charge in [-0.3, -0.25) is 43.3 Å². The van der Waals surface area contributed by atoms with Gasteiger partial charge in [-0.05, 0) is 105 Å². The quantitative estimate of drug-likeness (QED) is 0.0465. The van der Waals surface area contributed by atoms with Gasteiger partial charge >= 0.3 is 0 Å². The second-order valence-electron chi connectivity index (χ2n) is 19.7. The molecular weight excluding hydrogens is 973 g/mol. The molecule has 1 aromatic heterocycles. The molecule has 3 aromatic carbocycles. The molecule has 2 aliphatic rings. The zero-order valence-corrected chi connectivity index (χ0v) is 43.4. The molecule has 4 aromatic rings. The Bertz CT molecular complexity index is 2660. The molecule has 0 radical (unpaired) electrons. The van der Waals surface area contributed by atoms with Crippen LogP contribution in [0.25, 0.3) is 10.9 Å². The second kappa shape index (κ2) is 28.1. The van der Waals surface area contributed by atoms with Crippen LogP contribution in [0, 0.1) is 0 Å². The van der Waals surface area contributed by atoms with Crippen molar-refractivity contribution in [3.8, 4) is 5.75 Å². The third-order valence-electron chi connectivity index (χ3n) is 14.1. The summed E-state index contributed by atoms with van der Waals surface area (Å²) in [7, 11) is 1.58. The van der Waals surface area contributed by atoms with Crippen LogP contribution in [0.3, 0.4) is 0 Å². The number of hydrogen-bond donors (Lipinski definition) is 11. The number of amides is 8. The number of carbonyl (C=O) groups is 8. The number of aliphatic imine (C=N–C) groups is 1. The molecule has 5 atom stereocenters. The van der Waals surface area contributed by atoms with Crippen LogP contribution < -0.4 is 59.2 Å². The lowest BCUT2D eigenvalue weighted by Crippen LogP contribution is -2.66. The number of nitrogens with zero attached hydrogens (tertiary/aromatic N) is 1. The lowest BCUT2D eigenvalue weighted by Gasteiger charge is -2.41. The van der Waals surface area contributed by atoms with Crippen molar-refractivity contribution in [2.24, 2.45) is 22.2 Å². The van der Waals surface area contributed by atoms with E-state index < -0.39 is 89.4 Å². The van der Waals surface area contributed by atoms with Crippen molar-refractivity contribution in [2.75, 3.05) is 20.2 Å². The third-order valence-corrected chi connectivity index (χ3v) is 14.1. The van der Waals surface area contributed by atoms with E-state index in [1.54, 1.807) is 43.6 Å². The molecule has 1 saturated heterocycles. The minimum atomic E-state index is -1.63. The van der Waals surface area contributed by atoms with Gasteiger partial charge in [0.1, 0.15) is 41.5 Å².